The van der Waals surface area contributed by atoms with Gasteiger partial charge in [0.15, 0.2) is 0 Å². The number of rotatable bonds is 4. The third kappa shape index (κ3) is 3.37. The van der Waals surface area contributed by atoms with Crippen molar-refractivity contribution in [3.05, 3.63) is 65.7 Å². The highest BCUT2D eigenvalue weighted by atomic mass is 16.4. The molecule has 2 aromatic rings. The summed E-state index contributed by atoms with van der Waals surface area (Å²) in [6.07, 6.45) is 1.29. The molecule has 1 saturated heterocycles. The van der Waals surface area contributed by atoms with Crippen LogP contribution in [-0.4, -0.2) is 34.2 Å². The quantitative estimate of drug-likeness (QED) is 0.909. The van der Waals surface area contributed by atoms with Crippen LogP contribution in [0.5, 0.6) is 5.75 Å². The van der Waals surface area contributed by atoms with E-state index in [9.17, 15) is 15.0 Å². The minimum Gasteiger partial charge on any atom is -0.508 e. The molecule has 1 unspecified atom stereocenters. The van der Waals surface area contributed by atoms with Gasteiger partial charge in [0.2, 0.25) is 0 Å². The number of carbonyl (C=O) groups is 1. The molecule has 120 valence electrons. The summed E-state index contributed by atoms with van der Waals surface area (Å²) >= 11 is 0. The second-order valence-electron chi connectivity index (χ2n) is 6.02. The SMILES string of the molecule is O=C(O)C1CCN(C(c2ccccc2)c2ccccc2O)CC1. The van der Waals surface area contributed by atoms with Gasteiger partial charge in [-0.2, -0.15) is 0 Å². The highest BCUT2D eigenvalue weighted by Crippen LogP contribution is 2.36. The van der Waals surface area contributed by atoms with Crippen LogP contribution < -0.4 is 0 Å². The molecule has 1 aliphatic heterocycles. The summed E-state index contributed by atoms with van der Waals surface area (Å²) in [5.41, 5.74) is 1.98. The standard InChI is InChI=1S/C19H21NO3/c21-17-9-5-4-8-16(17)18(14-6-2-1-3-7-14)20-12-10-15(11-13-20)19(22)23/h1-9,15,18,21H,10-13H2,(H,22,23). The van der Waals surface area contributed by atoms with Crippen LogP contribution in [0.3, 0.4) is 0 Å². The van der Waals surface area contributed by atoms with E-state index in [1.165, 1.54) is 0 Å². The zero-order valence-electron chi connectivity index (χ0n) is 12.9. The number of aliphatic carboxylic acids is 1. The number of benzene rings is 2. The van der Waals surface area contributed by atoms with E-state index in [1.807, 2.05) is 36.4 Å². The number of carboxylic acid groups (broad SMARTS) is 1. The van der Waals surface area contributed by atoms with Crippen LogP contribution in [0, 0.1) is 5.92 Å². The zero-order valence-corrected chi connectivity index (χ0v) is 12.9. The minimum atomic E-state index is -0.705. The Balaban J connectivity index is 1.91. The van der Waals surface area contributed by atoms with Gasteiger partial charge in [0.05, 0.1) is 12.0 Å². The lowest BCUT2D eigenvalue weighted by Gasteiger charge is -2.37. The summed E-state index contributed by atoms with van der Waals surface area (Å²) < 4.78 is 0. The monoisotopic (exact) mass is 311 g/mol. The van der Waals surface area contributed by atoms with E-state index in [2.05, 4.69) is 17.0 Å². The molecule has 0 aliphatic carbocycles. The molecule has 23 heavy (non-hydrogen) atoms. The smallest absolute Gasteiger partial charge is 0.306 e. The largest absolute Gasteiger partial charge is 0.508 e. The molecule has 1 heterocycles. The summed E-state index contributed by atoms with van der Waals surface area (Å²) in [6, 6.07) is 17.4. The molecular formula is C19H21NO3. The number of carboxylic acids is 1. The summed E-state index contributed by atoms with van der Waals surface area (Å²) in [6.45, 7) is 1.43. The van der Waals surface area contributed by atoms with Crippen molar-refractivity contribution in [3.63, 3.8) is 0 Å². The number of piperidine rings is 1. The average Bonchev–Trinajstić information content (AvgIpc) is 2.58. The van der Waals surface area contributed by atoms with Crippen LogP contribution in [0.1, 0.15) is 30.0 Å². The Bertz CT molecular complexity index is 663. The van der Waals surface area contributed by atoms with E-state index >= 15 is 0 Å². The zero-order chi connectivity index (χ0) is 16.2. The first kappa shape index (κ1) is 15.6. The Kier molecular flexibility index (Phi) is 4.63. The molecule has 0 amide bonds. The van der Waals surface area contributed by atoms with Crippen LogP contribution in [0.25, 0.3) is 0 Å². The van der Waals surface area contributed by atoms with Crippen LogP contribution in [0.15, 0.2) is 54.6 Å². The van der Waals surface area contributed by atoms with Crippen molar-refractivity contribution in [2.45, 2.75) is 18.9 Å². The highest BCUT2D eigenvalue weighted by molar-refractivity contribution is 5.70. The molecular weight excluding hydrogens is 290 g/mol. The number of para-hydroxylation sites is 1. The van der Waals surface area contributed by atoms with Crippen molar-refractivity contribution >= 4 is 5.97 Å². The molecule has 3 rings (SSSR count). The number of phenols is 1. The van der Waals surface area contributed by atoms with Gasteiger partial charge in [-0.15, -0.1) is 0 Å². The molecule has 1 aliphatic rings. The number of hydrogen-bond donors (Lipinski definition) is 2. The Morgan fingerprint density at radius 1 is 1.00 bits per heavy atom. The van der Waals surface area contributed by atoms with E-state index in [1.54, 1.807) is 6.07 Å². The molecule has 4 nitrogen and oxygen atoms in total. The first-order chi connectivity index (χ1) is 11.2. The second kappa shape index (κ2) is 6.84. The predicted molar refractivity (Wildman–Crippen MR) is 88.3 cm³/mol. The Hall–Kier alpha value is -2.33. The molecule has 2 N–H and O–H groups in total. The lowest BCUT2D eigenvalue weighted by molar-refractivity contribution is -0.143. The normalized spacial score (nSPS) is 17.7. The van der Waals surface area contributed by atoms with Crippen molar-refractivity contribution in [3.8, 4) is 5.75 Å². The molecule has 1 fully saturated rings. The first-order valence-corrected chi connectivity index (χ1v) is 7.96. The van der Waals surface area contributed by atoms with Gasteiger partial charge < -0.3 is 10.2 Å². The fourth-order valence-electron chi connectivity index (χ4n) is 3.35. The van der Waals surface area contributed by atoms with Gasteiger partial charge in [0.1, 0.15) is 5.75 Å². The minimum absolute atomic E-state index is 0.0489. The van der Waals surface area contributed by atoms with Crippen molar-refractivity contribution in [2.75, 3.05) is 13.1 Å². The van der Waals surface area contributed by atoms with Gasteiger partial charge in [0.25, 0.3) is 0 Å². The Labute approximate surface area is 136 Å². The van der Waals surface area contributed by atoms with Crippen molar-refractivity contribution < 1.29 is 15.0 Å². The molecule has 4 heteroatoms. The van der Waals surface area contributed by atoms with E-state index in [0.29, 0.717) is 25.9 Å². The van der Waals surface area contributed by atoms with E-state index in [4.69, 9.17) is 0 Å². The second-order valence-corrected chi connectivity index (χ2v) is 6.02. The molecule has 0 aromatic heterocycles. The van der Waals surface area contributed by atoms with Gasteiger partial charge >= 0.3 is 5.97 Å². The number of aromatic hydroxyl groups is 1. The maximum atomic E-state index is 11.2. The third-order valence-electron chi connectivity index (χ3n) is 4.59. The predicted octanol–water partition coefficient (Wildman–Crippen LogP) is 3.28. The molecule has 0 radical (unpaired) electrons. The number of hydrogen-bond acceptors (Lipinski definition) is 3. The summed E-state index contributed by atoms with van der Waals surface area (Å²) in [5.74, 6) is -0.683. The fraction of sp³-hybridized carbons (Fsp3) is 0.316. The number of nitrogens with zero attached hydrogens (tertiary/aromatic N) is 1. The maximum Gasteiger partial charge on any atom is 0.306 e. The topological polar surface area (TPSA) is 60.8 Å². The fourth-order valence-corrected chi connectivity index (χ4v) is 3.35. The lowest BCUT2D eigenvalue weighted by Crippen LogP contribution is -2.39. The number of phenolic OH excluding ortho intramolecular Hbond substituents is 1. The van der Waals surface area contributed by atoms with E-state index in [0.717, 1.165) is 11.1 Å². The van der Waals surface area contributed by atoms with Gasteiger partial charge in [-0.05, 0) is 37.6 Å². The maximum absolute atomic E-state index is 11.2. The Morgan fingerprint density at radius 3 is 2.22 bits per heavy atom. The lowest BCUT2D eigenvalue weighted by atomic mass is 9.91. The van der Waals surface area contributed by atoms with Crippen molar-refractivity contribution in [1.29, 1.82) is 0 Å². The highest BCUT2D eigenvalue weighted by Gasteiger charge is 2.31. The van der Waals surface area contributed by atoms with Crippen molar-refractivity contribution in [2.24, 2.45) is 5.92 Å². The number of likely N-dealkylation sites (tertiary alicyclic amines) is 1. The van der Waals surface area contributed by atoms with Crippen LogP contribution in [0.4, 0.5) is 0 Å². The molecule has 2 aromatic carbocycles. The van der Waals surface area contributed by atoms with E-state index < -0.39 is 5.97 Å². The van der Waals surface area contributed by atoms with Crippen LogP contribution in [0.2, 0.25) is 0 Å². The first-order valence-electron chi connectivity index (χ1n) is 7.96. The van der Waals surface area contributed by atoms with Crippen LogP contribution in [-0.2, 0) is 4.79 Å². The summed E-state index contributed by atoms with van der Waals surface area (Å²) in [5, 5.41) is 19.5. The van der Waals surface area contributed by atoms with Crippen LogP contribution >= 0.6 is 0 Å². The summed E-state index contributed by atoms with van der Waals surface area (Å²) in [4.78, 5) is 13.4. The van der Waals surface area contributed by atoms with Gasteiger partial charge in [-0.1, -0.05) is 48.5 Å². The molecule has 0 bridgehead atoms. The molecule has 1 atom stereocenters. The third-order valence-corrected chi connectivity index (χ3v) is 4.59. The van der Waals surface area contributed by atoms with E-state index in [-0.39, 0.29) is 17.7 Å². The molecule has 0 spiro atoms. The van der Waals surface area contributed by atoms with Gasteiger partial charge in [-0.25, -0.2) is 0 Å². The van der Waals surface area contributed by atoms with Crippen molar-refractivity contribution in [1.82, 2.24) is 4.90 Å². The Morgan fingerprint density at radius 2 is 1.61 bits per heavy atom. The van der Waals surface area contributed by atoms with Gasteiger partial charge in [0, 0.05) is 5.56 Å². The average molecular weight is 311 g/mol. The van der Waals surface area contributed by atoms with Gasteiger partial charge in [-0.3, -0.25) is 9.69 Å². The molecule has 0 saturated carbocycles. The summed E-state index contributed by atoms with van der Waals surface area (Å²) in [7, 11) is 0.